The predicted octanol–water partition coefficient (Wildman–Crippen LogP) is 0.976. The van der Waals surface area contributed by atoms with E-state index in [-0.39, 0.29) is 12.1 Å². The molecule has 12 heavy (non-hydrogen) atoms. The molecule has 0 saturated carbocycles. The first-order chi connectivity index (χ1) is 5.61. The standard InChI is InChI=1S/C8H15BrN2O/c1-7(3-4-10)11(2)6-8(12)5-9/h7-8,12H,3,5-6H2,1-2H3. The van der Waals surface area contributed by atoms with Crippen LogP contribution in [-0.4, -0.2) is 41.1 Å². The third-order valence-corrected chi connectivity index (χ3v) is 2.56. The van der Waals surface area contributed by atoms with Crippen molar-refractivity contribution in [1.29, 1.82) is 5.26 Å². The summed E-state index contributed by atoms with van der Waals surface area (Å²) < 4.78 is 0. The summed E-state index contributed by atoms with van der Waals surface area (Å²) in [5.74, 6) is 0. The number of aliphatic hydroxyl groups excluding tert-OH is 1. The Hall–Kier alpha value is -0.110. The lowest BCUT2D eigenvalue weighted by Gasteiger charge is -2.24. The minimum atomic E-state index is -0.351. The zero-order chi connectivity index (χ0) is 9.56. The quantitative estimate of drug-likeness (QED) is 0.722. The molecule has 0 radical (unpaired) electrons. The molecule has 0 aliphatic rings. The first-order valence-electron chi connectivity index (χ1n) is 3.93. The zero-order valence-electron chi connectivity index (χ0n) is 7.50. The van der Waals surface area contributed by atoms with Crippen molar-refractivity contribution in [3.05, 3.63) is 0 Å². The van der Waals surface area contributed by atoms with Crippen molar-refractivity contribution in [2.75, 3.05) is 18.9 Å². The molecule has 0 aliphatic carbocycles. The van der Waals surface area contributed by atoms with Gasteiger partial charge in [0.25, 0.3) is 0 Å². The summed E-state index contributed by atoms with van der Waals surface area (Å²) >= 11 is 3.19. The molecule has 2 atom stereocenters. The number of aliphatic hydroxyl groups is 1. The Labute approximate surface area is 82.1 Å². The highest BCUT2D eigenvalue weighted by Crippen LogP contribution is 2.02. The minimum absolute atomic E-state index is 0.212. The van der Waals surface area contributed by atoms with Crippen molar-refractivity contribution in [3.8, 4) is 6.07 Å². The van der Waals surface area contributed by atoms with Gasteiger partial charge in [0.15, 0.2) is 0 Å². The van der Waals surface area contributed by atoms with Gasteiger partial charge in [0, 0.05) is 17.9 Å². The summed E-state index contributed by atoms with van der Waals surface area (Å²) in [5.41, 5.74) is 0. The summed E-state index contributed by atoms with van der Waals surface area (Å²) in [6.07, 6.45) is 0.155. The first-order valence-corrected chi connectivity index (χ1v) is 5.05. The van der Waals surface area contributed by atoms with Gasteiger partial charge in [0.05, 0.1) is 18.6 Å². The van der Waals surface area contributed by atoms with Gasteiger partial charge in [0.2, 0.25) is 0 Å². The molecule has 1 N–H and O–H groups in total. The van der Waals surface area contributed by atoms with Crippen LogP contribution in [0.2, 0.25) is 0 Å². The second-order valence-corrected chi connectivity index (χ2v) is 3.61. The van der Waals surface area contributed by atoms with Crippen LogP contribution in [-0.2, 0) is 0 Å². The van der Waals surface area contributed by atoms with E-state index in [4.69, 9.17) is 5.26 Å². The van der Waals surface area contributed by atoms with E-state index in [2.05, 4.69) is 22.0 Å². The molecule has 0 bridgehead atoms. The summed E-state index contributed by atoms with van der Waals surface area (Å²) in [6, 6.07) is 2.32. The third-order valence-electron chi connectivity index (χ3n) is 1.82. The number of halogens is 1. The highest BCUT2D eigenvalue weighted by atomic mass is 79.9. The molecule has 0 aromatic carbocycles. The Bertz CT molecular complexity index is 158. The van der Waals surface area contributed by atoms with Gasteiger partial charge in [-0.2, -0.15) is 5.26 Å². The van der Waals surface area contributed by atoms with Gasteiger partial charge >= 0.3 is 0 Å². The minimum Gasteiger partial charge on any atom is -0.391 e. The van der Waals surface area contributed by atoms with Crippen molar-refractivity contribution in [2.24, 2.45) is 0 Å². The molecule has 0 saturated heterocycles. The van der Waals surface area contributed by atoms with E-state index < -0.39 is 0 Å². The highest BCUT2D eigenvalue weighted by molar-refractivity contribution is 9.09. The Kier molecular flexibility index (Phi) is 6.35. The van der Waals surface area contributed by atoms with Crippen LogP contribution in [0.1, 0.15) is 13.3 Å². The van der Waals surface area contributed by atoms with Crippen LogP contribution in [0, 0.1) is 11.3 Å². The molecule has 0 spiro atoms. The molecule has 0 aliphatic heterocycles. The fourth-order valence-electron chi connectivity index (χ4n) is 0.849. The smallest absolute Gasteiger partial charge is 0.0763 e. The van der Waals surface area contributed by atoms with Crippen molar-refractivity contribution in [2.45, 2.75) is 25.5 Å². The lowest BCUT2D eigenvalue weighted by atomic mass is 10.2. The first kappa shape index (κ1) is 11.9. The van der Waals surface area contributed by atoms with Gasteiger partial charge in [-0.25, -0.2) is 0 Å². The van der Waals surface area contributed by atoms with Crippen molar-refractivity contribution in [1.82, 2.24) is 4.90 Å². The van der Waals surface area contributed by atoms with Gasteiger partial charge in [-0.05, 0) is 14.0 Å². The monoisotopic (exact) mass is 234 g/mol. The average Bonchev–Trinajstić information content (AvgIpc) is 2.04. The molecule has 0 fully saturated rings. The van der Waals surface area contributed by atoms with E-state index in [1.54, 1.807) is 0 Å². The van der Waals surface area contributed by atoms with Crippen molar-refractivity contribution < 1.29 is 5.11 Å². The van der Waals surface area contributed by atoms with Crippen LogP contribution in [0.3, 0.4) is 0 Å². The number of likely N-dealkylation sites (N-methyl/N-ethyl adjacent to an activating group) is 1. The number of nitrogens with zero attached hydrogens (tertiary/aromatic N) is 2. The van der Waals surface area contributed by atoms with Crippen LogP contribution < -0.4 is 0 Å². The van der Waals surface area contributed by atoms with Gasteiger partial charge in [0.1, 0.15) is 0 Å². The Morgan fingerprint density at radius 3 is 2.67 bits per heavy atom. The molecule has 70 valence electrons. The number of alkyl halides is 1. The van der Waals surface area contributed by atoms with Crippen molar-refractivity contribution in [3.63, 3.8) is 0 Å². The highest BCUT2D eigenvalue weighted by Gasteiger charge is 2.12. The summed E-state index contributed by atoms with van der Waals surface area (Å²) in [6.45, 7) is 2.58. The maximum Gasteiger partial charge on any atom is 0.0763 e. The van der Waals surface area contributed by atoms with Crippen LogP contribution in [0.25, 0.3) is 0 Å². The van der Waals surface area contributed by atoms with E-state index in [9.17, 15) is 5.11 Å². The number of rotatable bonds is 5. The second-order valence-electron chi connectivity index (χ2n) is 2.96. The van der Waals surface area contributed by atoms with Crippen LogP contribution >= 0.6 is 15.9 Å². The summed E-state index contributed by atoms with van der Waals surface area (Å²) in [4.78, 5) is 1.98. The van der Waals surface area contributed by atoms with Crippen LogP contribution in [0.5, 0.6) is 0 Å². The molecule has 0 rings (SSSR count). The molecule has 0 aromatic heterocycles. The summed E-state index contributed by atoms with van der Waals surface area (Å²) in [7, 11) is 1.91. The van der Waals surface area contributed by atoms with Gasteiger partial charge in [-0.3, -0.25) is 0 Å². The van der Waals surface area contributed by atoms with E-state index >= 15 is 0 Å². The van der Waals surface area contributed by atoms with E-state index in [0.29, 0.717) is 18.3 Å². The fourth-order valence-corrected chi connectivity index (χ4v) is 1.05. The Morgan fingerprint density at radius 1 is 1.67 bits per heavy atom. The largest absolute Gasteiger partial charge is 0.391 e. The molecular weight excluding hydrogens is 220 g/mol. The Morgan fingerprint density at radius 2 is 2.25 bits per heavy atom. The lowest BCUT2D eigenvalue weighted by Crippen LogP contribution is -2.36. The molecular formula is C8H15BrN2O. The molecule has 0 aromatic rings. The van der Waals surface area contributed by atoms with Gasteiger partial charge in [-0.1, -0.05) is 15.9 Å². The molecule has 4 heteroatoms. The van der Waals surface area contributed by atoms with Gasteiger partial charge in [-0.15, -0.1) is 0 Å². The van der Waals surface area contributed by atoms with E-state index in [0.717, 1.165) is 0 Å². The van der Waals surface area contributed by atoms with E-state index in [1.165, 1.54) is 0 Å². The fraction of sp³-hybridized carbons (Fsp3) is 0.875. The normalized spacial score (nSPS) is 15.7. The van der Waals surface area contributed by atoms with Crippen molar-refractivity contribution >= 4 is 15.9 Å². The third kappa shape index (κ3) is 4.70. The Balaban J connectivity index is 3.71. The molecule has 2 unspecified atom stereocenters. The lowest BCUT2D eigenvalue weighted by molar-refractivity contribution is 0.126. The number of hydrogen-bond donors (Lipinski definition) is 1. The van der Waals surface area contributed by atoms with Gasteiger partial charge < -0.3 is 10.0 Å². The number of hydrogen-bond acceptors (Lipinski definition) is 3. The molecule has 0 heterocycles. The molecule has 3 nitrogen and oxygen atoms in total. The predicted molar refractivity (Wildman–Crippen MR) is 52.1 cm³/mol. The SMILES string of the molecule is CC(CC#N)N(C)CC(O)CBr. The summed E-state index contributed by atoms with van der Waals surface area (Å²) in [5, 5.41) is 18.3. The van der Waals surface area contributed by atoms with Crippen LogP contribution in [0.15, 0.2) is 0 Å². The maximum atomic E-state index is 9.27. The average molecular weight is 235 g/mol. The second kappa shape index (κ2) is 6.41. The van der Waals surface area contributed by atoms with E-state index in [1.807, 2.05) is 18.9 Å². The maximum absolute atomic E-state index is 9.27. The molecule has 0 amide bonds. The topological polar surface area (TPSA) is 47.3 Å². The van der Waals surface area contributed by atoms with Crippen LogP contribution in [0.4, 0.5) is 0 Å². The zero-order valence-corrected chi connectivity index (χ0v) is 9.08. The number of nitriles is 1.